The highest BCUT2D eigenvalue weighted by Gasteiger charge is 2.39. The molecule has 1 aromatic rings. The third-order valence-corrected chi connectivity index (χ3v) is 3.42. The second-order valence-electron chi connectivity index (χ2n) is 4.60. The Morgan fingerprint density at radius 2 is 1.76 bits per heavy atom. The van der Waals surface area contributed by atoms with Crippen LogP contribution in [0.3, 0.4) is 0 Å². The fourth-order valence-electron chi connectivity index (χ4n) is 1.58. The van der Waals surface area contributed by atoms with Gasteiger partial charge in [-0.15, -0.1) is 0 Å². The number of esters is 2. The van der Waals surface area contributed by atoms with Crippen LogP contribution >= 0.6 is 22.6 Å². The normalized spacial score (nSPS) is 17.1. The van der Waals surface area contributed by atoms with E-state index in [2.05, 4.69) is 5.32 Å². The summed E-state index contributed by atoms with van der Waals surface area (Å²) in [4.78, 5) is 23.4. The summed E-state index contributed by atoms with van der Waals surface area (Å²) < 4.78 is 36.9. The number of carbonyl (C=O) groups is 2. The summed E-state index contributed by atoms with van der Waals surface area (Å²) in [6, 6.07) is 2.32. The van der Waals surface area contributed by atoms with Gasteiger partial charge in [-0.05, 0) is 34.7 Å². The van der Waals surface area contributed by atoms with E-state index in [1.54, 1.807) is 22.6 Å². The van der Waals surface area contributed by atoms with Gasteiger partial charge in [0.25, 0.3) is 5.79 Å². The number of benzene rings is 1. The molecule has 21 heavy (non-hydrogen) atoms. The number of carbonyl (C=O) groups excluding carboxylic acids is 2. The highest BCUT2D eigenvalue weighted by atomic mass is 127. The van der Waals surface area contributed by atoms with Crippen LogP contribution in [-0.4, -0.2) is 17.7 Å². The molecule has 1 saturated heterocycles. The monoisotopic (exact) mass is 409 g/mol. The second-order valence-corrected chi connectivity index (χ2v) is 5.76. The maximum absolute atomic E-state index is 13.6. The number of ether oxygens (including phenoxy) is 2. The van der Waals surface area contributed by atoms with Gasteiger partial charge < -0.3 is 14.8 Å². The third kappa shape index (κ3) is 3.31. The van der Waals surface area contributed by atoms with Crippen molar-refractivity contribution in [3.63, 3.8) is 0 Å². The molecule has 1 aromatic carbocycles. The number of hydrogen-bond acceptors (Lipinski definition) is 5. The van der Waals surface area contributed by atoms with Crippen molar-refractivity contribution in [3.8, 4) is 0 Å². The molecule has 5 nitrogen and oxygen atoms in total. The minimum Gasteiger partial charge on any atom is -0.419 e. The first-order chi connectivity index (χ1) is 9.71. The molecule has 0 aromatic heterocycles. The highest BCUT2D eigenvalue weighted by molar-refractivity contribution is 14.1. The van der Waals surface area contributed by atoms with E-state index in [9.17, 15) is 18.4 Å². The van der Waals surface area contributed by atoms with Crippen molar-refractivity contribution in [1.82, 2.24) is 0 Å². The molecular weight excluding hydrogens is 399 g/mol. The average Bonchev–Trinajstić information content (AvgIpc) is 2.35. The summed E-state index contributed by atoms with van der Waals surface area (Å²) in [5, 5.41) is 2.39. The van der Waals surface area contributed by atoms with Crippen LogP contribution in [0.4, 0.5) is 14.5 Å². The van der Waals surface area contributed by atoms with E-state index in [1.165, 1.54) is 19.9 Å². The van der Waals surface area contributed by atoms with Crippen molar-refractivity contribution < 1.29 is 27.8 Å². The van der Waals surface area contributed by atoms with Gasteiger partial charge in [0.1, 0.15) is 0 Å². The van der Waals surface area contributed by atoms with E-state index in [0.717, 1.165) is 12.3 Å². The fraction of sp³-hybridized carbons (Fsp3) is 0.231. The summed E-state index contributed by atoms with van der Waals surface area (Å²) in [6.07, 6.45) is 0.930. The van der Waals surface area contributed by atoms with Crippen LogP contribution in [0.1, 0.15) is 13.8 Å². The molecule has 1 aliphatic heterocycles. The van der Waals surface area contributed by atoms with Crippen LogP contribution < -0.4 is 5.32 Å². The van der Waals surface area contributed by atoms with Crippen molar-refractivity contribution >= 4 is 40.2 Å². The number of hydrogen-bond donors (Lipinski definition) is 1. The van der Waals surface area contributed by atoms with E-state index < -0.39 is 34.9 Å². The van der Waals surface area contributed by atoms with Gasteiger partial charge in [-0.2, -0.15) is 0 Å². The van der Waals surface area contributed by atoms with Crippen molar-refractivity contribution in [3.05, 3.63) is 39.1 Å². The van der Waals surface area contributed by atoms with Gasteiger partial charge in [-0.3, -0.25) is 0 Å². The summed E-state index contributed by atoms with van der Waals surface area (Å²) in [6.45, 7) is 2.81. The van der Waals surface area contributed by atoms with Gasteiger partial charge in [0, 0.05) is 23.6 Å². The molecule has 0 spiro atoms. The van der Waals surface area contributed by atoms with Crippen LogP contribution in [0.5, 0.6) is 0 Å². The van der Waals surface area contributed by atoms with Crippen LogP contribution in [-0.2, 0) is 19.1 Å². The van der Waals surface area contributed by atoms with Gasteiger partial charge in [0.15, 0.2) is 17.2 Å². The Hall–Kier alpha value is -1.71. The Balaban J connectivity index is 2.28. The lowest BCUT2D eigenvalue weighted by molar-refractivity contribution is -0.222. The van der Waals surface area contributed by atoms with Gasteiger partial charge in [0.05, 0.1) is 5.69 Å². The smallest absolute Gasteiger partial charge is 0.350 e. The number of cyclic esters (lactones) is 2. The maximum Gasteiger partial charge on any atom is 0.350 e. The van der Waals surface area contributed by atoms with E-state index in [-0.39, 0.29) is 5.69 Å². The molecule has 0 aliphatic carbocycles. The molecule has 0 amide bonds. The minimum absolute atomic E-state index is 0.187. The van der Waals surface area contributed by atoms with E-state index in [1.807, 2.05) is 0 Å². The SMILES string of the molecule is CC1(C)OC(=O)C(=CNc2c(I)ccc(F)c2F)C(=O)O1. The van der Waals surface area contributed by atoms with Crippen molar-refractivity contribution in [2.45, 2.75) is 19.6 Å². The highest BCUT2D eigenvalue weighted by Crippen LogP contribution is 2.26. The van der Waals surface area contributed by atoms with Gasteiger partial charge in [-0.25, -0.2) is 18.4 Å². The van der Waals surface area contributed by atoms with E-state index in [4.69, 9.17) is 9.47 Å². The van der Waals surface area contributed by atoms with Crippen LogP contribution in [0.15, 0.2) is 23.9 Å². The van der Waals surface area contributed by atoms with Crippen molar-refractivity contribution in [2.24, 2.45) is 0 Å². The average molecular weight is 409 g/mol. The Bertz CT molecular complexity index is 636. The predicted octanol–water partition coefficient (Wildman–Crippen LogP) is 2.70. The van der Waals surface area contributed by atoms with Gasteiger partial charge in [0.2, 0.25) is 0 Å². The molecule has 0 unspecified atom stereocenters. The molecule has 0 bridgehead atoms. The molecule has 0 saturated carbocycles. The molecule has 0 radical (unpaired) electrons. The zero-order chi connectivity index (χ0) is 15.8. The minimum atomic E-state index is -1.36. The lowest BCUT2D eigenvalue weighted by atomic mass is 10.2. The standard InChI is InChI=1S/C13H10F2INO4/c1-13(2)20-11(18)6(12(19)21-13)5-17-10-8(16)4-3-7(14)9(10)15/h3-5,17H,1-2H3. The summed E-state index contributed by atoms with van der Waals surface area (Å²) in [5.74, 6) is -5.33. The molecule has 1 heterocycles. The predicted molar refractivity (Wildman–Crippen MR) is 77.0 cm³/mol. The molecule has 1 fully saturated rings. The van der Waals surface area contributed by atoms with Crippen LogP contribution in [0, 0.1) is 15.2 Å². The zero-order valence-corrected chi connectivity index (χ0v) is 13.2. The summed E-state index contributed by atoms with van der Waals surface area (Å²) >= 11 is 1.78. The largest absolute Gasteiger partial charge is 0.419 e. The Morgan fingerprint density at radius 3 is 2.33 bits per heavy atom. The zero-order valence-electron chi connectivity index (χ0n) is 11.0. The summed E-state index contributed by atoms with van der Waals surface area (Å²) in [7, 11) is 0. The summed E-state index contributed by atoms with van der Waals surface area (Å²) in [5.41, 5.74) is -0.623. The Morgan fingerprint density at radius 1 is 1.19 bits per heavy atom. The van der Waals surface area contributed by atoms with Crippen LogP contribution in [0.2, 0.25) is 0 Å². The lowest BCUT2D eigenvalue weighted by Gasteiger charge is -2.29. The third-order valence-electron chi connectivity index (χ3n) is 2.52. The Labute approximate surface area is 132 Å². The van der Waals surface area contributed by atoms with E-state index in [0.29, 0.717) is 3.57 Å². The maximum atomic E-state index is 13.6. The number of anilines is 1. The molecule has 8 heteroatoms. The fourth-order valence-corrected chi connectivity index (χ4v) is 2.15. The van der Waals surface area contributed by atoms with Gasteiger partial charge in [-0.1, -0.05) is 0 Å². The molecule has 112 valence electrons. The number of rotatable bonds is 2. The van der Waals surface area contributed by atoms with Crippen molar-refractivity contribution in [1.29, 1.82) is 0 Å². The number of halogens is 3. The molecule has 1 aliphatic rings. The second kappa shape index (κ2) is 5.58. The first-order valence-electron chi connectivity index (χ1n) is 5.78. The first kappa shape index (κ1) is 15.7. The topological polar surface area (TPSA) is 64.6 Å². The van der Waals surface area contributed by atoms with Crippen molar-refractivity contribution in [2.75, 3.05) is 5.32 Å². The van der Waals surface area contributed by atoms with Crippen LogP contribution in [0.25, 0.3) is 0 Å². The lowest BCUT2D eigenvalue weighted by Crippen LogP contribution is -2.42. The quantitative estimate of drug-likeness (QED) is 0.268. The molecular formula is C13H10F2INO4. The Kier molecular flexibility index (Phi) is 4.17. The van der Waals surface area contributed by atoms with E-state index >= 15 is 0 Å². The molecule has 2 rings (SSSR count). The molecule has 0 atom stereocenters. The molecule has 1 N–H and O–H groups in total. The number of nitrogens with one attached hydrogen (secondary N) is 1. The first-order valence-corrected chi connectivity index (χ1v) is 6.86. The van der Waals surface area contributed by atoms with Gasteiger partial charge >= 0.3 is 11.9 Å².